The number of hydrogen-bond donors (Lipinski definition) is 2. The largest absolute Gasteiger partial charge is 0.367 e. The standard InChI is InChI=1S/C25H31ClN6O2/c1-17(33)31-8-4-21(5-9-31)30-23-13-22(27-16-28-23)24(34)32-10-6-25(7-11-32)14-18-2-3-20(26)12-19(18)15-29-25/h2-3,12-13,16,21,29H,4-11,14-15H2,1H3,(H,27,28,30). The zero-order valence-electron chi connectivity index (χ0n) is 19.5. The minimum absolute atomic E-state index is 0.0325. The Hall–Kier alpha value is -2.71. The summed E-state index contributed by atoms with van der Waals surface area (Å²) in [5.74, 6) is 0.737. The van der Waals surface area contributed by atoms with E-state index in [1.807, 2.05) is 21.9 Å². The molecule has 2 N–H and O–H groups in total. The van der Waals surface area contributed by atoms with E-state index in [9.17, 15) is 9.59 Å². The fourth-order valence-corrected chi connectivity index (χ4v) is 5.59. The number of likely N-dealkylation sites (tertiary alicyclic amines) is 2. The van der Waals surface area contributed by atoms with Gasteiger partial charge in [0.1, 0.15) is 17.8 Å². The molecule has 9 heteroatoms. The third-order valence-electron chi connectivity index (χ3n) is 7.54. The molecular weight excluding hydrogens is 452 g/mol. The fraction of sp³-hybridized carbons (Fsp3) is 0.520. The van der Waals surface area contributed by atoms with Crippen molar-refractivity contribution in [2.45, 2.75) is 57.2 Å². The number of carbonyl (C=O) groups excluding carboxylic acids is 2. The number of aromatic nitrogens is 2. The monoisotopic (exact) mass is 482 g/mol. The van der Waals surface area contributed by atoms with Crippen molar-refractivity contribution in [2.24, 2.45) is 0 Å². The highest BCUT2D eigenvalue weighted by Crippen LogP contribution is 2.33. The number of hydrogen-bond acceptors (Lipinski definition) is 6. The van der Waals surface area contributed by atoms with Crippen LogP contribution in [0.2, 0.25) is 5.02 Å². The number of halogens is 1. The summed E-state index contributed by atoms with van der Waals surface area (Å²) >= 11 is 6.15. The summed E-state index contributed by atoms with van der Waals surface area (Å²) in [6, 6.07) is 8.13. The molecule has 0 radical (unpaired) electrons. The van der Waals surface area contributed by atoms with Crippen LogP contribution in [0.4, 0.5) is 5.82 Å². The van der Waals surface area contributed by atoms with Crippen LogP contribution < -0.4 is 10.6 Å². The maximum absolute atomic E-state index is 13.2. The Morgan fingerprint density at radius 2 is 1.82 bits per heavy atom. The zero-order valence-corrected chi connectivity index (χ0v) is 20.3. The molecule has 5 rings (SSSR count). The molecule has 0 atom stereocenters. The molecule has 2 aromatic rings. The summed E-state index contributed by atoms with van der Waals surface area (Å²) < 4.78 is 0. The third kappa shape index (κ3) is 4.88. The Morgan fingerprint density at radius 1 is 1.06 bits per heavy atom. The molecule has 0 unspecified atom stereocenters. The van der Waals surface area contributed by atoms with Gasteiger partial charge < -0.3 is 20.4 Å². The van der Waals surface area contributed by atoms with Crippen molar-refractivity contribution in [1.82, 2.24) is 25.1 Å². The maximum Gasteiger partial charge on any atom is 0.272 e. The van der Waals surface area contributed by atoms with Crippen LogP contribution in [0.1, 0.15) is 54.2 Å². The first-order chi connectivity index (χ1) is 16.4. The Balaban J connectivity index is 1.18. The van der Waals surface area contributed by atoms with Crippen molar-refractivity contribution < 1.29 is 9.59 Å². The van der Waals surface area contributed by atoms with Crippen LogP contribution in [0.5, 0.6) is 0 Å². The second-order valence-electron chi connectivity index (χ2n) is 9.73. The van der Waals surface area contributed by atoms with E-state index in [0.717, 1.165) is 56.8 Å². The van der Waals surface area contributed by atoms with Crippen molar-refractivity contribution >= 4 is 29.2 Å². The average Bonchev–Trinajstić information content (AvgIpc) is 2.85. The highest BCUT2D eigenvalue weighted by molar-refractivity contribution is 6.30. The second kappa shape index (κ2) is 9.50. The third-order valence-corrected chi connectivity index (χ3v) is 7.77. The van der Waals surface area contributed by atoms with Crippen LogP contribution in [0.25, 0.3) is 0 Å². The number of nitrogens with one attached hydrogen (secondary N) is 2. The quantitative estimate of drug-likeness (QED) is 0.699. The Morgan fingerprint density at radius 3 is 2.56 bits per heavy atom. The number of piperidine rings is 2. The molecule has 3 aliphatic rings. The molecule has 8 nitrogen and oxygen atoms in total. The number of fused-ring (bicyclic) bond motifs is 1. The summed E-state index contributed by atoms with van der Waals surface area (Å²) in [6.07, 6.45) is 5.96. The van der Waals surface area contributed by atoms with Gasteiger partial charge in [0.05, 0.1) is 0 Å². The molecule has 3 aliphatic heterocycles. The Kier molecular flexibility index (Phi) is 6.44. The lowest BCUT2D eigenvalue weighted by molar-refractivity contribution is -0.129. The minimum atomic E-state index is -0.0466. The molecule has 1 spiro atoms. The lowest BCUT2D eigenvalue weighted by atomic mass is 9.78. The lowest BCUT2D eigenvalue weighted by Crippen LogP contribution is -2.57. The van der Waals surface area contributed by atoms with E-state index >= 15 is 0 Å². The summed E-state index contributed by atoms with van der Waals surface area (Å²) in [6.45, 7) is 5.31. The number of rotatable bonds is 3. The minimum Gasteiger partial charge on any atom is -0.367 e. The van der Waals surface area contributed by atoms with Gasteiger partial charge in [-0.15, -0.1) is 0 Å². The van der Waals surface area contributed by atoms with Crippen molar-refractivity contribution in [3.05, 3.63) is 52.4 Å². The molecule has 4 heterocycles. The lowest BCUT2D eigenvalue weighted by Gasteiger charge is -2.45. The van der Waals surface area contributed by atoms with Crippen LogP contribution >= 0.6 is 11.6 Å². The van der Waals surface area contributed by atoms with Crippen LogP contribution in [-0.4, -0.2) is 69.3 Å². The first kappa shape index (κ1) is 23.1. The first-order valence-electron chi connectivity index (χ1n) is 12.1. The first-order valence-corrected chi connectivity index (χ1v) is 12.4. The molecule has 0 saturated carbocycles. The summed E-state index contributed by atoms with van der Waals surface area (Å²) in [5.41, 5.74) is 3.07. The van der Waals surface area contributed by atoms with Gasteiger partial charge in [0, 0.05) is 62.3 Å². The van der Waals surface area contributed by atoms with Gasteiger partial charge in [0.15, 0.2) is 0 Å². The molecular formula is C25H31ClN6O2. The molecule has 180 valence electrons. The molecule has 2 amide bonds. The van der Waals surface area contributed by atoms with E-state index in [2.05, 4.69) is 26.7 Å². The predicted octanol–water partition coefficient (Wildman–Crippen LogP) is 2.87. The van der Waals surface area contributed by atoms with Gasteiger partial charge in [-0.2, -0.15) is 0 Å². The van der Waals surface area contributed by atoms with Crippen molar-refractivity contribution in [3.63, 3.8) is 0 Å². The van der Waals surface area contributed by atoms with Gasteiger partial charge in [0.25, 0.3) is 5.91 Å². The van der Waals surface area contributed by atoms with Gasteiger partial charge in [-0.3, -0.25) is 9.59 Å². The SMILES string of the molecule is CC(=O)N1CCC(Nc2cc(C(=O)N3CCC4(CC3)Cc3ccc(Cl)cc3CN4)ncn2)CC1. The number of carbonyl (C=O) groups is 2. The number of benzene rings is 1. The molecule has 34 heavy (non-hydrogen) atoms. The molecule has 1 aromatic heterocycles. The van der Waals surface area contributed by atoms with Gasteiger partial charge in [-0.25, -0.2) is 9.97 Å². The molecule has 2 saturated heterocycles. The van der Waals surface area contributed by atoms with E-state index in [4.69, 9.17) is 11.6 Å². The number of anilines is 1. The number of amides is 2. The van der Waals surface area contributed by atoms with Crippen molar-refractivity contribution in [3.8, 4) is 0 Å². The van der Waals surface area contributed by atoms with E-state index in [-0.39, 0.29) is 23.4 Å². The van der Waals surface area contributed by atoms with E-state index in [1.54, 1.807) is 13.0 Å². The zero-order chi connectivity index (χ0) is 23.7. The van der Waals surface area contributed by atoms with Crippen molar-refractivity contribution in [1.29, 1.82) is 0 Å². The van der Waals surface area contributed by atoms with Crippen LogP contribution in [0, 0.1) is 0 Å². The smallest absolute Gasteiger partial charge is 0.272 e. The topological polar surface area (TPSA) is 90.5 Å². The molecule has 0 bridgehead atoms. The molecule has 1 aromatic carbocycles. The Labute approximate surface area is 205 Å². The highest BCUT2D eigenvalue weighted by Gasteiger charge is 2.38. The summed E-state index contributed by atoms with van der Waals surface area (Å²) in [7, 11) is 0. The second-order valence-corrected chi connectivity index (χ2v) is 10.2. The van der Waals surface area contributed by atoms with E-state index < -0.39 is 0 Å². The van der Waals surface area contributed by atoms with Gasteiger partial charge in [-0.1, -0.05) is 17.7 Å². The van der Waals surface area contributed by atoms with Crippen LogP contribution in [0.15, 0.2) is 30.6 Å². The Bertz CT molecular complexity index is 1080. The molecule has 2 fully saturated rings. The fourth-order valence-electron chi connectivity index (χ4n) is 5.40. The summed E-state index contributed by atoms with van der Waals surface area (Å²) in [5, 5.41) is 7.92. The van der Waals surface area contributed by atoms with E-state index in [0.29, 0.717) is 24.6 Å². The number of nitrogens with zero attached hydrogens (tertiary/aromatic N) is 4. The van der Waals surface area contributed by atoms with Gasteiger partial charge in [-0.05, 0) is 55.4 Å². The summed E-state index contributed by atoms with van der Waals surface area (Å²) in [4.78, 5) is 37.1. The van der Waals surface area contributed by atoms with Crippen molar-refractivity contribution in [2.75, 3.05) is 31.5 Å². The maximum atomic E-state index is 13.2. The van der Waals surface area contributed by atoms with Gasteiger partial charge >= 0.3 is 0 Å². The molecule has 0 aliphatic carbocycles. The predicted molar refractivity (Wildman–Crippen MR) is 131 cm³/mol. The van der Waals surface area contributed by atoms with Crippen LogP contribution in [0.3, 0.4) is 0 Å². The van der Waals surface area contributed by atoms with Gasteiger partial charge in [0.2, 0.25) is 5.91 Å². The van der Waals surface area contributed by atoms with E-state index in [1.165, 1.54) is 17.5 Å². The van der Waals surface area contributed by atoms with Crippen LogP contribution in [-0.2, 0) is 17.8 Å². The highest BCUT2D eigenvalue weighted by atomic mass is 35.5. The normalized spacial score (nSPS) is 20.2. The average molecular weight is 483 g/mol.